The maximum atomic E-state index is 15.4. The number of hydrogen-bond acceptors (Lipinski definition) is 11. The monoisotopic (exact) mass is 904 g/mol. The number of piperidine rings is 2. The predicted octanol–water partition coefficient (Wildman–Crippen LogP) is 6.13. The van der Waals surface area contributed by atoms with Gasteiger partial charge in [-0.15, -0.1) is 0 Å². The number of hydrogen-bond donors (Lipinski definition) is 4. The first kappa shape index (κ1) is 45.4. The third-order valence-electron chi connectivity index (χ3n) is 14.2. The molecule has 9 rings (SSSR count). The Morgan fingerprint density at radius 2 is 1.62 bits per heavy atom. The van der Waals surface area contributed by atoms with Crippen molar-refractivity contribution in [3.63, 3.8) is 0 Å². The molecule has 348 valence electrons. The largest absolute Gasteiger partial charge is 0.390 e. The van der Waals surface area contributed by atoms with E-state index >= 15 is 8.78 Å². The van der Waals surface area contributed by atoms with E-state index in [-0.39, 0.29) is 30.5 Å². The van der Waals surface area contributed by atoms with E-state index in [4.69, 9.17) is 5.10 Å². The zero-order chi connectivity index (χ0) is 46.7. The number of halogens is 2. The minimum absolute atomic E-state index is 0.0434. The number of nitriles is 1. The van der Waals surface area contributed by atoms with Crippen molar-refractivity contribution in [2.45, 2.75) is 127 Å². The molecule has 0 radical (unpaired) electrons. The molecule has 5 aromatic rings. The fourth-order valence-electron chi connectivity index (χ4n) is 11.0. The summed E-state index contributed by atoms with van der Waals surface area (Å²) in [6.45, 7) is 11.0. The van der Waals surface area contributed by atoms with Gasteiger partial charge in [0.25, 0.3) is 5.91 Å². The van der Waals surface area contributed by atoms with Gasteiger partial charge in [-0.2, -0.15) is 15.5 Å². The number of nitrogens with zero attached hydrogens (tertiary/aromatic N) is 8. The molecule has 2 aromatic carbocycles. The van der Waals surface area contributed by atoms with Crippen molar-refractivity contribution in [1.82, 2.24) is 34.5 Å². The number of anilines is 2. The molecule has 15 nitrogen and oxygen atoms in total. The fraction of sp³-hybridized carbons (Fsp3) is 0.510. The molecule has 3 saturated heterocycles. The van der Waals surface area contributed by atoms with E-state index in [1.807, 2.05) is 41.8 Å². The Bertz CT molecular complexity index is 2690. The third kappa shape index (κ3) is 9.29. The third-order valence-corrected chi connectivity index (χ3v) is 14.2. The quantitative estimate of drug-likeness (QED) is 0.118. The normalized spacial score (nSPS) is 23.0. The number of carbonyl (C=O) groups excluding carboxylic acids is 3. The Kier molecular flexibility index (Phi) is 12.2. The number of imide groups is 1. The van der Waals surface area contributed by atoms with Crippen molar-refractivity contribution >= 4 is 45.5 Å². The Morgan fingerprint density at radius 1 is 0.909 bits per heavy atom. The van der Waals surface area contributed by atoms with E-state index in [0.717, 1.165) is 69.1 Å². The second-order valence-electron chi connectivity index (χ2n) is 19.9. The molecule has 66 heavy (non-hydrogen) atoms. The van der Waals surface area contributed by atoms with Crippen LogP contribution in [-0.2, 0) is 15.2 Å². The molecule has 4 aliphatic rings. The number of fused-ring (bicyclic) bond motifs is 2. The lowest BCUT2D eigenvalue weighted by atomic mass is 9.86. The molecule has 3 aromatic heterocycles. The van der Waals surface area contributed by atoms with Crippen LogP contribution in [0.25, 0.3) is 16.4 Å². The predicted molar refractivity (Wildman–Crippen MR) is 244 cm³/mol. The number of aliphatic hydroxyl groups is 2. The molecule has 3 amide bonds. The number of aromatic nitrogens is 4. The van der Waals surface area contributed by atoms with Crippen LogP contribution in [0.1, 0.15) is 125 Å². The average Bonchev–Trinajstić information content (AvgIpc) is 3.90. The smallest absolute Gasteiger partial charge is 0.274 e. The van der Waals surface area contributed by atoms with Crippen molar-refractivity contribution < 1.29 is 33.4 Å². The minimum Gasteiger partial charge on any atom is -0.390 e. The van der Waals surface area contributed by atoms with E-state index < -0.39 is 46.5 Å². The summed E-state index contributed by atoms with van der Waals surface area (Å²) in [5.41, 5.74) is 1.07. The van der Waals surface area contributed by atoms with Gasteiger partial charge in [-0.1, -0.05) is 0 Å². The average molecular weight is 905 g/mol. The van der Waals surface area contributed by atoms with Gasteiger partial charge in [0.15, 0.2) is 0 Å². The van der Waals surface area contributed by atoms with Crippen molar-refractivity contribution in [1.29, 1.82) is 5.26 Å². The zero-order valence-electron chi connectivity index (χ0n) is 37.9. The van der Waals surface area contributed by atoms with Gasteiger partial charge >= 0.3 is 0 Å². The SMILES string of the molecule is CC(C)(O)C[C@H]1CN(C2CCN(c3cc(F)c([C@H]4CCC(=O)NC4=O)c(F)c3)CC2)CCN1C1CCC(n2cc3cc(NC(=O)c4ccc5cc(C#N)cnn45)c(C(C)(C)O)cc3n2)CC1. The molecule has 0 spiro atoms. The van der Waals surface area contributed by atoms with Crippen LogP contribution in [0.4, 0.5) is 20.2 Å². The van der Waals surface area contributed by atoms with Crippen molar-refractivity contribution in [2.24, 2.45) is 0 Å². The van der Waals surface area contributed by atoms with Gasteiger partial charge < -0.3 is 20.4 Å². The fourth-order valence-corrected chi connectivity index (χ4v) is 11.0. The number of amides is 3. The molecule has 4 N–H and O–H groups in total. The number of carbonyl (C=O) groups is 3. The molecule has 1 saturated carbocycles. The van der Waals surface area contributed by atoms with Crippen molar-refractivity contribution in [3.05, 3.63) is 88.9 Å². The van der Waals surface area contributed by atoms with Crippen LogP contribution < -0.4 is 15.5 Å². The summed E-state index contributed by atoms with van der Waals surface area (Å²) in [4.78, 5) is 44.8. The second-order valence-corrected chi connectivity index (χ2v) is 19.9. The van der Waals surface area contributed by atoms with Crippen LogP contribution in [0.5, 0.6) is 0 Å². The Morgan fingerprint density at radius 3 is 2.29 bits per heavy atom. The first-order valence-electron chi connectivity index (χ1n) is 23.2. The standard InChI is InChI=1S/C49H58F2N10O5/c1-48(2,65)24-36-28-58(31-13-15-57(16-14-31)35-21-39(50)45(40(51)22-35)37-10-12-44(62)55-46(37)63)17-18-59(36)32-5-7-33(8-6-32)60-27-30-20-42(38(49(3,4)66)23-41(30)56-60)54-47(64)43-11-9-34-19-29(25-52)26-53-61(34)43/h9,11,19-23,26-27,31-33,36-37,65-66H,5-8,10,12-18,24,28H2,1-4H3,(H,54,64)(H,55,62,63)/t32?,33?,36-,37+/m0/s1. The second kappa shape index (κ2) is 17.8. The Balaban J connectivity index is 0.833. The summed E-state index contributed by atoms with van der Waals surface area (Å²) >= 11 is 0. The van der Waals surface area contributed by atoms with E-state index in [0.29, 0.717) is 65.3 Å². The van der Waals surface area contributed by atoms with Crippen LogP contribution in [-0.4, -0.2) is 114 Å². The summed E-state index contributed by atoms with van der Waals surface area (Å²) in [6, 6.07) is 14.4. The summed E-state index contributed by atoms with van der Waals surface area (Å²) in [5, 5.41) is 46.9. The molecule has 4 fully saturated rings. The first-order valence-corrected chi connectivity index (χ1v) is 23.2. The molecule has 0 unspecified atom stereocenters. The number of benzene rings is 2. The molecular formula is C49H58F2N10O5. The van der Waals surface area contributed by atoms with Crippen LogP contribution in [0, 0.1) is 23.0 Å². The van der Waals surface area contributed by atoms with Crippen LogP contribution >= 0.6 is 0 Å². The van der Waals surface area contributed by atoms with Gasteiger partial charge in [0.2, 0.25) is 11.8 Å². The molecule has 3 aliphatic heterocycles. The lowest BCUT2D eigenvalue weighted by Crippen LogP contribution is -2.61. The van der Waals surface area contributed by atoms with Gasteiger partial charge in [-0.3, -0.25) is 34.2 Å². The van der Waals surface area contributed by atoms with Crippen molar-refractivity contribution in [3.8, 4) is 6.07 Å². The highest BCUT2D eigenvalue weighted by Crippen LogP contribution is 2.38. The topological polar surface area (TPSA) is 184 Å². The van der Waals surface area contributed by atoms with E-state index in [1.54, 1.807) is 32.0 Å². The molecular weight excluding hydrogens is 847 g/mol. The Labute approximate surface area is 382 Å². The van der Waals surface area contributed by atoms with Crippen LogP contribution in [0.15, 0.2) is 54.9 Å². The minimum atomic E-state index is -1.28. The molecule has 1 aliphatic carbocycles. The van der Waals surface area contributed by atoms with Crippen LogP contribution in [0.3, 0.4) is 0 Å². The summed E-state index contributed by atoms with van der Waals surface area (Å²) < 4.78 is 34.3. The number of nitrogens with one attached hydrogen (secondary N) is 2. The van der Waals surface area contributed by atoms with Gasteiger partial charge in [0, 0.05) is 91.4 Å². The van der Waals surface area contributed by atoms with E-state index in [9.17, 15) is 29.9 Å². The highest BCUT2D eigenvalue weighted by Gasteiger charge is 2.40. The van der Waals surface area contributed by atoms with E-state index in [2.05, 4.69) is 31.6 Å². The lowest BCUT2D eigenvalue weighted by Gasteiger charge is -2.51. The first-order chi connectivity index (χ1) is 31.4. The van der Waals surface area contributed by atoms with Gasteiger partial charge in [0.1, 0.15) is 23.4 Å². The van der Waals surface area contributed by atoms with Gasteiger partial charge in [0.05, 0.1) is 46.0 Å². The molecule has 6 heterocycles. The highest BCUT2D eigenvalue weighted by atomic mass is 19.1. The molecule has 17 heteroatoms. The zero-order valence-corrected chi connectivity index (χ0v) is 37.9. The van der Waals surface area contributed by atoms with Gasteiger partial charge in [-0.25, -0.2) is 13.3 Å². The maximum Gasteiger partial charge on any atom is 0.274 e. The summed E-state index contributed by atoms with van der Waals surface area (Å²) in [7, 11) is 0. The highest BCUT2D eigenvalue weighted by molar-refractivity contribution is 6.05. The summed E-state index contributed by atoms with van der Waals surface area (Å²) in [5.74, 6) is -4.07. The van der Waals surface area contributed by atoms with Gasteiger partial charge in [-0.05, 0) is 122 Å². The Hall–Kier alpha value is -5.80. The lowest BCUT2D eigenvalue weighted by molar-refractivity contribution is -0.134. The molecule has 0 bridgehead atoms. The van der Waals surface area contributed by atoms with Crippen LogP contribution in [0.2, 0.25) is 0 Å². The van der Waals surface area contributed by atoms with Crippen molar-refractivity contribution in [2.75, 3.05) is 42.9 Å². The molecule has 2 atom stereocenters. The van der Waals surface area contributed by atoms with E-state index in [1.165, 1.54) is 22.8 Å². The number of piperazine rings is 1. The summed E-state index contributed by atoms with van der Waals surface area (Å²) in [6.07, 6.45) is 9.64. The number of rotatable bonds is 10. The maximum absolute atomic E-state index is 15.4.